The normalized spacial score (nSPS) is 14.8. The third-order valence-corrected chi connectivity index (χ3v) is 4.25. The van der Waals surface area contributed by atoms with Crippen molar-refractivity contribution in [3.63, 3.8) is 0 Å². The molecule has 0 aromatic heterocycles. The lowest BCUT2D eigenvalue weighted by Gasteiger charge is -2.19. The number of hydrogen-bond acceptors (Lipinski definition) is 3. The van der Waals surface area contributed by atoms with Gasteiger partial charge < -0.3 is 14.6 Å². The smallest absolute Gasteiger partial charge is 0.309 e. The summed E-state index contributed by atoms with van der Waals surface area (Å²) in [6.07, 6.45) is 2.12. The lowest BCUT2D eigenvalue weighted by molar-refractivity contribution is -0.147. The minimum atomic E-state index is -0.775. The maximum atomic E-state index is 11.1. The van der Waals surface area contributed by atoms with Crippen molar-refractivity contribution in [3.8, 4) is 11.5 Å². The number of fused-ring (bicyclic) bond motifs is 1. The Morgan fingerprint density at radius 1 is 1.30 bits per heavy atom. The monoisotopic (exact) mass is 342 g/mol. The molecule has 0 atom stereocenters. The van der Waals surface area contributed by atoms with Gasteiger partial charge in [-0.2, -0.15) is 0 Å². The minimum Gasteiger partial charge on any atom is -0.490 e. The molecule has 2 rings (SSSR count). The molecule has 1 N–H and O–H groups in total. The van der Waals surface area contributed by atoms with E-state index in [2.05, 4.69) is 15.9 Å². The number of aryl methyl sites for hydroxylation is 1. The summed E-state index contributed by atoms with van der Waals surface area (Å²) in [5.74, 6) is 0.715. The van der Waals surface area contributed by atoms with Gasteiger partial charge in [-0.3, -0.25) is 4.79 Å². The molecule has 110 valence electrons. The van der Waals surface area contributed by atoms with Crippen LogP contribution in [0.25, 0.3) is 0 Å². The fourth-order valence-corrected chi connectivity index (χ4v) is 2.49. The Labute approximate surface area is 127 Å². The van der Waals surface area contributed by atoms with Gasteiger partial charge in [-0.15, -0.1) is 0 Å². The Bertz CT molecular complexity index is 511. The van der Waals surface area contributed by atoms with E-state index in [0.29, 0.717) is 26.1 Å². The van der Waals surface area contributed by atoms with E-state index in [0.717, 1.165) is 28.0 Å². The van der Waals surface area contributed by atoms with E-state index >= 15 is 0 Å². The second-order valence-corrected chi connectivity index (χ2v) is 6.48. The lowest BCUT2D eigenvalue weighted by atomic mass is 9.86. The van der Waals surface area contributed by atoms with Gasteiger partial charge in [0.1, 0.15) is 0 Å². The molecule has 20 heavy (non-hydrogen) atoms. The first-order valence-corrected chi connectivity index (χ1v) is 7.51. The fourth-order valence-electron chi connectivity index (χ4n) is 1.97. The van der Waals surface area contributed by atoms with Crippen LogP contribution in [0.1, 0.15) is 32.3 Å². The largest absolute Gasteiger partial charge is 0.490 e. The van der Waals surface area contributed by atoms with Crippen LogP contribution in [0.4, 0.5) is 0 Å². The fraction of sp³-hybridized carbons (Fsp3) is 0.533. The number of carboxylic acids is 1. The van der Waals surface area contributed by atoms with Gasteiger partial charge in [0.25, 0.3) is 0 Å². The number of carboxylic acid groups (broad SMARTS) is 1. The molecule has 4 nitrogen and oxygen atoms in total. The van der Waals surface area contributed by atoms with Crippen molar-refractivity contribution in [3.05, 3.63) is 22.2 Å². The second kappa shape index (κ2) is 6.04. The molecule has 0 fully saturated rings. The van der Waals surface area contributed by atoms with E-state index in [1.54, 1.807) is 13.8 Å². The average molecular weight is 343 g/mol. The zero-order valence-corrected chi connectivity index (χ0v) is 13.3. The SMILES string of the molecule is CC(C)(CCc1cc2c(cc1Br)OCCCO2)C(=O)O. The first-order valence-electron chi connectivity index (χ1n) is 6.71. The molecule has 0 unspecified atom stereocenters. The molecule has 1 aromatic carbocycles. The summed E-state index contributed by atoms with van der Waals surface area (Å²) in [5.41, 5.74) is 0.312. The molecule has 0 bridgehead atoms. The zero-order chi connectivity index (χ0) is 14.8. The molecule has 0 saturated carbocycles. The van der Waals surface area contributed by atoms with E-state index in [-0.39, 0.29) is 0 Å². The number of carbonyl (C=O) groups is 1. The van der Waals surface area contributed by atoms with E-state index in [4.69, 9.17) is 14.6 Å². The van der Waals surface area contributed by atoms with Crippen molar-refractivity contribution in [2.24, 2.45) is 5.41 Å². The third kappa shape index (κ3) is 3.45. The predicted octanol–water partition coefficient (Wildman–Crippen LogP) is 3.65. The summed E-state index contributed by atoms with van der Waals surface area (Å²) in [5, 5.41) is 9.16. The molecule has 0 aliphatic carbocycles. The van der Waals surface area contributed by atoms with Crippen LogP contribution in [0, 0.1) is 5.41 Å². The summed E-state index contributed by atoms with van der Waals surface area (Å²) in [4.78, 5) is 11.1. The van der Waals surface area contributed by atoms with E-state index in [9.17, 15) is 4.79 Å². The van der Waals surface area contributed by atoms with Crippen LogP contribution in [0.15, 0.2) is 16.6 Å². The van der Waals surface area contributed by atoms with Crippen LogP contribution < -0.4 is 9.47 Å². The van der Waals surface area contributed by atoms with Gasteiger partial charge in [0.2, 0.25) is 0 Å². The summed E-state index contributed by atoms with van der Waals surface area (Å²) >= 11 is 3.52. The molecular weight excluding hydrogens is 324 g/mol. The van der Waals surface area contributed by atoms with Crippen LogP contribution >= 0.6 is 15.9 Å². The highest BCUT2D eigenvalue weighted by Crippen LogP contribution is 2.36. The number of ether oxygens (including phenoxy) is 2. The molecular formula is C15H19BrO4. The highest BCUT2D eigenvalue weighted by molar-refractivity contribution is 9.10. The maximum absolute atomic E-state index is 11.1. The minimum absolute atomic E-state index is 0.570. The van der Waals surface area contributed by atoms with E-state index in [1.165, 1.54) is 0 Å². The van der Waals surface area contributed by atoms with Crippen LogP contribution in [-0.2, 0) is 11.2 Å². The first kappa shape index (κ1) is 15.2. The molecule has 1 aromatic rings. The van der Waals surface area contributed by atoms with Crippen molar-refractivity contribution in [2.75, 3.05) is 13.2 Å². The van der Waals surface area contributed by atoms with Crippen molar-refractivity contribution >= 4 is 21.9 Å². The first-order chi connectivity index (χ1) is 9.40. The van der Waals surface area contributed by atoms with Crippen molar-refractivity contribution < 1.29 is 19.4 Å². The number of benzene rings is 1. The molecule has 0 spiro atoms. The number of halogens is 1. The Kier molecular flexibility index (Phi) is 4.58. The van der Waals surface area contributed by atoms with Crippen molar-refractivity contribution in [1.29, 1.82) is 0 Å². The Balaban J connectivity index is 2.16. The molecule has 1 aliphatic heterocycles. The number of aliphatic carboxylic acids is 1. The van der Waals surface area contributed by atoms with Gasteiger partial charge in [-0.1, -0.05) is 15.9 Å². The molecule has 1 heterocycles. The van der Waals surface area contributed by atoms with Crippen molar-refractivity contribution in [2.45, 2.75) is 33.1 Å². The lowest BCUT2D eigenvalue weighted by Crippen LogP contribution is -2.24. The van der Waals surface area contributed by atoms with E-state index < -0.39 is 11.4 Å². The summed E-state index contributed by atoms with van der Waals surface area (Å²) in [7, 11) is 0. The quantitative estimate of drug-likeness (QED) is 0.907. The Morgan fingerprint density at radius 3 is 2.50 bits per heavy atom. The number of hydrogen-bond donors (Lipinski definition) is 1. The van der Waals surface area contributed by atoms with Crippen LogP contribution in [-0.4, -0.2) is 24.3 Å². The molecule has 0 saturated heterocycles. The number of rotatable bonds is 4. The molecule has 0 radical (unpaired) electrons. The summed E-state index contributed by atoms with van der Waals surface area (Å²) in [6.45, 7) is 4.79. The van der Waals surface area contributed by atoms with Gasteiger partial charge >= 0.3 is 5.97 Å². The standard InChI is InChI=1S/C15H19BrO4/c1-15(2,14(17)18)5-4-10-8-12-13(9-11(10)16)20-7-3-6-19-12/h8-9H,3-7H2,1-2H3,(H,17,18). The van der Waals surface area contributed by atoms with Gasteiger partial charge in [0.05, 0.1) is 18.6 Å². The third-order valence-electron chi connectivity index (χ3n) is 3.51. The van der Waals surface area contributed by atoms with Crippen molar-refractivity contribution in [1.82, 2.24) is 0 Å². The maximum Gasteiger partial charge on any atom is 0.309 e. The van der Waals surface area contributed by atoms with Gasteiger partial charge in [0, 0.05) is 10.9 Å². The zero-order valence-electron chi connectivity index (χ0n) is 11.7. The van der Waals surface area contributed by atoms with Crippen LogP contribution in [0.3, 0.4) is 0 Å². The molecule has 5 heteroatoms. The highest BCUT2D eigenvalue weighted by atomic mass is 79.9. The Morgan fingerprint density at radius 2 is 1.90 bits per heavy atom. The predicted molar refractivity (Wildman–Crippen MR) is 79.5 cm³/mol. The summed E-state index contributed by atoms with van der Waals surface area (Å²) in [6, 6.07) is 3.85. The Hall–Kier alpha value is -1.23. The molecule has 1 aliphatic rings. The van der Waals surface area contributed by atoms with Crippen LogP contribution in [0.2, 0.25) is 0 Å². The molecule has 0 amide bonds. The van der Waals surface area contributed by atoms with Crippen LogP contribution in [0.5, 0.6) is 11.5 Å². The summed E-state index contributed by atoms with van der Waals surface area (Å²) < 4.78 is 12.2. The average Bonchev–Trinajstić information content (AvgIpc) is 2.60. The van der Waals surface area contributed by atoms with Gasteiger partial charge in [0.15, 0.2) is 11.5 Å². The highest BCUT2D eigenvalue weighted by Gasteiger charge is 2.27. The van der Waals surface area contributed by atoms with E-state index in [1.807, 2.05) is 12.1 Å². The van der Waals surface area contributed by atoms with Gasteiger partial charge in [-0.25, -0.2) is 0 Å². The van der Waals surface area contributed by atoms with Gasteiger partial charge in [-0.05, 0) is 44.4 Å². The second-order valence-electron chi connectivity index (χ2n) is 5.63. The topological polar surface area (TPSA) is 55.8 Å².